The predicted octanol–water partition coefficient (Wildman–Crippen LogP) is 6.67. The molecule has 0 radical (unpaired) electrons. The van der Waals surface area contributed by atoms with Crippen molar-refractivity contribution in [2.75, 3.05) is 12.8 Å². The lowest BCUT2D eigenvalue weighted by atomic mass is 10.1. The van der Waals surface area contributed by atoms with E-state index < -0.39 is 11.9 Å². The lowest BCUT2D eigenvalue weighted by molar-refractivity contribution is 0.227. The molecular weight excluding hydrogens is 430 g/mol. The van der Waals surface area contributed by atoms with Gasteiger partial charge in [-0.3, -0.25) is 0 Å². The van der Waals surface area contributed by atoms with Gasteiger partial charge in [0.15, 0.2) is 11.4 Å². The first-order valence-electron chi connectivity index (χ1n) is 9.00. The third kappa shape index (κ3) is 3.53. The molecule has 0 bridgehead atoms. The summed E-state index contributed by atoms with van der Waals surface area (Å²) in [6.07, 6.45) is 2.52. The number of pyridine rings is 1. The average molecular weight is 447 g/mol. The van der Waals surface area contributed by atoms with Gasteiger partial charge in [-0.1, -0.05) is 35.3 Å². The zero-order valence-electron chi connectivity index (χ0n) is 16.1. The van der Waals surface area contributed by atoms with Crippen molar-refractivity contribution in [3.63, 3.8) is 0 Å². The van der Waals surface area contributed by atoms with Crippen LogP contribution in [-0.4, -0.2) is 12.1 Å². The summed E-state index contributed by atoms with van der Waals surface area (Å²) in [5.41, 5.74) is 8.52. The van der Waals surface area contributed by atoms with Crippen molar-refractivity contribution in [1.82, 2.24) is 4.98 Å². The number of nitrogen functional groups attached to an aromatic ring is 1. The zero-order chi connectivity index (χ0) is 21.4. The monoisotopic (exact) mass is 446 g/mol. The molecule has 2 heterocycles. The molecular formula is C22H17Cl2FN2O3. The van der Waals surface area contributed by atoms with Crippen LogP contribution in [0, 0.1) is 5.82 Å². The molecule has 4 aromatic rings. The van der Waals surface area contributed by atoms with Gasteiger partial charge in [-0.25, -0.2) is 9.37 Å². The first kappa shape index (κ1) is 20.3. The molecule has 0 aliphatic rings. The maximum atomic E-state index is 13.9. The van der Waals surface area contributed by atoms with Gasteiger partial charge >= 0.3 is 0 Å². The fraction of sp³-hybridized carbons (Fsp3) is 0.136. The van der Waals surface area contributed by atoms with Crippen LogP contribution in [0.4, 0.5) is 10.2 Å². The molecule has 1 unspecified atom stereocenters. The van der Waals surface area contributed by atoms with E-state index in [9.17, 15) is 4.39 Å². The molecule has 2 N–H and O–H groups in total. The van der Waals surface area contributed by atoms with E-state index in [-0.39, 0.29) is 21.6 Å². The second-order valence-electron chi connectivity index (χ2n) is 6.61. The lowest BCUT2D eigenvalue weighted by Gasteiger charge is -2.18. The van der Waals surface area contributed by atoms with Gasteiger partial charge in [0.2, 0.25) is 5.75 Å². The average Bonchev–Trinajstić information content (AvgIpc) is 3.17. The summed E-state index contributed by atoms with van der Waals surface area (Å²) in [4.78, 5) is 4.24. The van der Waals surface area contributed by atoms with E-state index in [1.54, 1.807) is 26.5 Å². The van der Waals surface area contributed by atoms with Crippen LogP contribution in [0.3, 0.4) is 0 Å². The number of furan rings is 1. The standard InChI is InChI=1S/C22H17Cl2FN2O3/c1-11(18-16(23)7-8-17(25)19(18)24)30-21-20-14(9-27-22(21)26)15(10-29-20)12-3-5-13(28-2)6-4-12/h3-11H,1-2H3,(H2,26,27). The second kappa shape index (κ2) is 8.05. The van der Waals surface area contributed by atoms with Crippen molar-refractivity contribution >= 4 is 40.0 Å². The normalized spacial score (nSPS) is 12.2. The van der Waals surface area contributed by atoms with Crippen molar-refractivity contribution in [3.8, 4) is 22.6 Å². The fourth-order valence-corrected chi connectivity index (χ4v) is 3.92. The summed E-state index contributed by atoms with van der Waals surface area (Å²) in [6, 6.07) is 10.2. The zero-order valence-corrected chi connectivity index (χ0v) is 17.6. The van der Waals surface area contributed by atoms with E-state index in [0.29, 0.717) is 16.5 Å². The molecule has 0 amide bonds. The molecule has 0 saturated carbocycles. The molecule has 8 heteroatoms. The summed E-state index contributed by atoms with van der Waals surface area (Å²) in [6.45, 7) is 1.69. The molecule has 2 aromatic heterocycles. The van der Waals surface area contributed by atoms with Gasteiger partial charge in [0.05, 0.1) is 23.8 Å². The third-order valence-electron chi connectivity index (χ3n) is 4.78. The maximum Gasteiger partial charge on any atom is 0.205 e. The Morgan fingerprint density at radius 2 is 1.87 bits per heavy atom. The summed E-state index contributed by atoms with van der Waals surface area (Å²) < 4.78 is 30.9. The number of methoxy groups -OCH3 is 1. The number of rotatable bonds is 5. The quantitative estimate of drug-likeness (QED) is 0.346. The number of fused-ring (bicyclic) bond motifs is 1. The Morgan fingerprint density at radius 1 is 1.13 bits per heavy atom. The van der Waals surface area contributed by atoms with Gasteiger partial charge in [-0.15, -0.1) is 0 Å². The molecule has 2 aromatic carbocycles. The van der Waals surface area contributed by atoms with E-state index in [2.05, 4.69) is 4.98 Å². The van der Waals surface area contributed by atoms with Crippen molar-refractivity contribution < 1.29 is 18.3 Å². The predicted molar refractivity (Wildman–Crippen MR) is 116 cm³/mol. The molecule has 4 rings (SSSR count). The van der Waals surface area contributed by atoms with Crippen molar-refractivity contribution in [1.29, 1.82) is 0 Å². The Hall–Kier alpha value is -2.96. The Morgan fingerprint density at radius 3 is 2.57 bits per heavy atom. The largest absolute Gasteiger partial charge is 0.497 e. The second-order valence-corrected chi connectivity index (χ2v) is 7.40. The number of halogens is 3. The van der Waals surface area contributed by atoms with E-state index in [4.69, 9.17) is 42.8 Å². The van der Waals surface area contributed by atoms with Gasteiger partial charge in [-0.2, -0.15) is 0 Å². The van der Waals surface area contributed by atoms with Gasteiger partial charge in [0.1, 0.15) is 17.7 Å². The summed E-state index contributed by atoms with van der Waals surface area (Å²) >= 11 is 12.3. The molecule has 1 atom stereocenters. The van der Waals surface area contributed by atoms with Crippen molar-refractivity contribution in [3.05, 3.63) is 70.3 Å². The van der Waals surface area contributed by atoms with Gasteiger partial charge in [0, 0.05) is 22.3 Å². The number of nitrogens with two attached hydrogens (primary N) is 1. The Labute approximate surface area is 182 Å². The molecule has 0 fully saturated rings. The van der Waals surface area contributed by atoms with Crippen LogP contribution in [0.1, 0.15) is 18.6 Å². The number of ether oxygens (including phenoxy) is 2. The number of anilines is 1. The topological polar surface area (TPSA) is 70.5 Å². The molecule has 30 heavy (non-hydrogen) atoms. The summed E-state index contributed by atoms with van der Waals surface area (Å²) in [5.74, 6) is 0.524. The van der Waals surface area contributed by atoms with Crippen LogP contribution in [0.5, 0.6) is 11.5 Å². The first-order chi connectivity index (χ1) is 14.4. The Balaban J connectivity index is 1.76. The number of nitrogens with zero attached hydrogens (tertiary/aromatic N) is 1. The van der Waals surface area contributed by atoms with E-state index in [1.165, 1.54) is 12.1 Å². The number of benzene rings is 2. The minimum atomic E-state index is -0.704. The molecule has 154 valence electrons. The number of hydrogen-bond acceptors (Lipinski definition) is 5. The van der Waals surface area contributed by atoms with Gasteiger partial charge in [-0.05, 0) is 36.8 Å². The van der Waals surface area contributed by atoms with E-state index in [0.717, 1.165) is 16.9 Å². The van der Waals surface area contributed by atoms with Gasteiger partial charge < -0.3 is 19.6 Å². The third-order valence-corrected chi connectivity index (χ3v) is 5.50. The Kier molecular flexibility index (Phi) is 5.45. The van der Waals surface area contributed by atoms with Crippen LogP contribution in [0.15, 0.2) is 53.3 Å². The molecule has 0 aliphatic heterocycles. The maximum absolute atomic E-state index is 13.9. The minimum Gasteiger partial charge on any atom is -0.497 e. The summed E-state index contributed by atoms with van der Waals surface area (Å²) in [7, 11) is 1.61. The van der Waals surface area contributed by atoms with Crippen LogP contribution in [0.25, 0.3) is 22.1 Å². The molecule has 0 saturated heterocycles. The fourth-order valence-electron chi connectivity index (χ4n) is 3.24. The van der Waals surface area contributed by atoms with Crippen LogP contribution in [0.2, 0.25) is 10.0 Å². The SMILES string of the molecule is COc1ccc(-c2coc3c(OC(C)c4c(Cl)ccc(F)c4Cl)c(N)ncc23)cc1. The molecule has 0 spiro atoms. The molecule has 0 aliphatic carbocycles. The molecule has 5 nitrogen and oxygen atoms in total. The number of aromatic nitrogens is 1. The van der Waals surface area contributed by atoms with Crippen LogP contribution >= 0.6 is 23.2 Å². The van der Waals surface area contributed by atoms with Crippen LogP contribution < -0.4 is 15.2 Å². The highest BCUT2D eigenvalue weighted by Gasteiger charge is 2.23. The smallest absolute Gasteiger partial charge is 0.205 e. The van der Waals surface area contributed by atoms with Crippen molar-refractivity contribution in [2.45, 2.75) is 13.0 Å². The lowest BCUT2D eigenvalue weighted by Crippen LogP contribution is -2.08. The highest BCUT2D eigenvalue weighted by atomic mass is 35.5. The minimum absolute atomic E-state index is 0.105. The van der Waals surface area contributed by atoms with Crippen molar-refractivity contribution in [2.24, 2.45) is 0 Å². The number of hydrogen-bond donors (Lipinski definition) is 1. The van der Waals surface area contributed by atoms with E-state index in [1.807, 2.05) is 24.3 Å². The summed E-state index contributed by atoms with van der Waals surface area (Å²) in [5, 5.41) is 0.894. The highest BCUT2D eigenvalue weighted by molar-refractivity contribution is 6.36. The van der Waals surface area contributed by atoms with E-state index >= 15 is 0 Å². The van der Waals surface area contributed by atoms with Gasteiger partial charge in [0.25, 0.3) is 0 Å². The van der Waals surface area contributed by atoms with Crippen LogP contribution in [-0.2, 0) is 0 Å². The highest BCUT2D eigenvalue weighted by Crippen LogP contribution is 2.41. The Bertz CT molecular complexity index is 1230. The first-order valence-corrected chi connectivity index (χ1v) is 9.76.